The van der Waals surface area contributed by atoms with E-state index in [1.165, 1.54) is 29.4 Å². The lowest BCUT2D eigenvalue weighted by molar-refractivity contribution is 0.0958. The van der Waals surface area contributed by atoms with Gasteiger partial charge in [-0.05, 0) is 12.1 Å². The Kier molecular flexibility index (Phi) is 4.65. The second-order valence-electron chi connectivity index (χ2n) is 6.42. The minimum absolute atomic E-state index is 0.0117. The first kappa shape index (κ1) is 17.3. The third-order valence-electron chi connectivity index (χ3n) is 4.54. The van der Waals surface area contributed by atoms with Crippen LogP contribution in [-0.4, -0.2) is 51.3 Å². The largest absolute Gasteiger partial charge is 0.494 e. The Morgan fingerprint density at radius 1 is 1.32 bits per heavy atom. The maximum atomic E-state index is 12.4. The first-order valence-corrected chi connectivity index (χ1v) is 10.0. The van der Waals surface area contributed by atoms with Gasteiger partial charge in [0.1, 0.15) is 5.01 Å². The van der Waals surface area contributed by atoms with E-state index < -0.39 is 19.0 Å². The number of methoxy groups -OCH3 is 1. The number of nitrogens with one attached hydrogen (secondary N) is 2. The van der Waals surface area contributed by atoms with Crippen molar-refractivity contribution in [2.24, 2.45) is 0 Å². The van der Waals surface area contributed by atoms with Gasteiger partial charge in [-0.15, -0.1) is 21.5 Å². The topological polar surface area (TPSA) is 130 Å². The molecule has 0 bridgehead atoms. The van der Waals surface area contributed by atoms with E-state index in [2.05, 4.69) is 20.5 Å². The number of carbonyl (C=O) groups is 2. The summed E-state index contributed by atoms with van der Waals surface area (Å²) in [6, 6.07) is 6.57. The van der Waals surface area contributed by atoms with Gasteiger partial charge in [0.15, 0.2) is 16.6 Å². The highest BCUT2D eigenvalue weighted by Gasteiger charge is 2.28. The molecular weight excluding hydrogens is 444 g/mol. The van der Waals surface area contributed by atoms with Gasteiger partial charge in [0.05, 0.1) is 42.8 Å². The molecule has 0 saturated carbocycles. The zero-order valence-electron chi connectivity index (χ0n) is 19.0. The minimum atomic E-state index is -2.71. The number of ether oxygens (including phenoxy) is 1. The third-order valence-corrected chi connectivity index (χ3v) is 5.84. The minimum Gasteiger partial charge on any atom is -0.494 e. The summed E-state index contributed by atoms with van der Waals surface area (Å²) in [7, 11) is 1.47. The molecule has 31 heavy (non-hydrogen) atoms. The van der Waals surface area contributed by atoms with Crippen LogP contribution in [0.5, 0.6) is 5.75 Å². The van der Waals surface area contributed by atoms with Crippen LogP contribution in [0.15, 0.2) is 24.3 Å². The second kappa shape index (κ2) is 8.36. The molecule has 2 amide bonds. The van der Waals surface area contributed by atoms with Gasteiger partial charge in [-0.2, -0.15) is 0 Å². The fourth-order valence-electron chi connectivity index (χ4n) is 3.15. The number of carbonyl (C=O) groups excluding carboxylic acids is 1. The maximum Gasteiger partial charge on any atom is 0.407 e. The number of thiazole rings is 1. The van der Waals surface area contributed by atoms with Gasteiger partial charge in [0.2, 0.25) is 0 Å². The van der Waals surface area contributed by atoms with Crippen LogP contribution in [0.1, 0.15) is 25.2 Å². The highest BCUT2D eigenvalue weighted by molar-refractivity contribution is 7.15. The van der Waals surface area contributed by atoms with Gasteiger partial charge in [0.25, 0.3) is 5.91 Å². The number of nitrogens with zero attached hydrogens (tertiary/aromatic N) is 4. The van der Waals surface area contributed by atoms with Crippen LogP contribution in [0, 0.1) is 0 Å². The molecule has 12 heteroatoms. The highest BCUT2D eigenvalue weighted by Crippen LogP contribution is 2.42. The fraction of sp³-hybridized carbons (Fsp3) is 0.211. The predicted octanol–water partition coefficient (Wildman–Crippen LogP) is 3.36. The van der Waals surface area contributed by atoms with Crippen molar-refractivity contribution in [1.29, 1.82) is 0 Å². The van der Waals surface area contributed by atoms with E-state index >= 15 is 0 Å². The highest BCUT2D eigenvalue weighted by atomic mass is 35.5. The molecule has 0 spiro atoms. The SMILES string of the molecule is [2H]C([2H])([2H])NC(=O)c1nnc(Cl)cc1Nc1cccc(-c2nc3c(s2)CN(C(=O)O)C3)c1OC. The summed E-state index contributed by atoms with van der Waals surface area (Å²) in [6.07, 6.45) is -1.00. The summed E-state index contributed by atoms with van der Waals surface area (Å²) in [5.41, 5.74) is 1.63. The number of rotatable bonds is 5. The molecule has 3 aromatic rings. The van der Waals surface area contributed by atoms with Crippen LogP contribution in [0.4, 0.5) is 16.2 Å². The van der Waals surface area contributed by atoms with E-state index in [0.29, 0.717) is 27.7 Å². The first-order valence-electron chi connectivity index (χ1n) is 10.3. The number of amides is 2. The van der Waals surface area contributed by atoms with E-state index in [4.69, 9.17) is 20.5 Å². The smallest absolute Gasteiger partial charge is 0.407 e. The summed E-state index contributed by atoms with van der Waals surface area (Å²) in [6.45, 7) is -2.23. The zero-order chi connectivity index (χ0) is 24.6. The van der Waals surface area contributed by atoms with Crippen molar-refractivity contribution < 1.29 is 23.5 Å². The molecular formula is C19H17ClN6O4S. The van der Waals surface area contributed by atoms with Gasteiger partial charge in [-0.1, -0.05) is 17.7 Å². The Morgan fingerprint density at radius 2 is 2.16 bits per heavy atom. The number of benzene rings is 1. The van der Waals surface area contributed by atoms with Crippen molar-refractivity contribution >= 4 is 46.3 Å². The Morgan fingerprint density at radius 3 is 2.87 bits per heavy atom. The van der Waals surface area contributed by atoms with Gasteiger partial charge in [-0.25, -0.2) is 9.78 Å². The molecule has 10 nitrogen and oxygen atoms in total. The van der Waals surface area contributed by atoms with Crippen LogP contribution in [0.2, 0.25) is 5.15 Å². The standard InChI is InChI=1S/C19H17ClN6O4S/c1-21-17(27)15-11(6-14(20)24-25-15)22-10-5-3-4-9(16(10)30-2)18-23-12-7-26(19(28)29)8-13(12)31-18/h3-6H,7-8H2,1-2H3,(H,21,27)(H,22,24)(H,28,29)/i1D3. The molecule has 0 unspecified atom stereocenters. The van der Waals surface area contributed by atoms with Crippen molar-refractivity contribution in [2.45, 2.75) is 13.1 Å². The van der Waals surface area contributed by atoms with Gasteiger partial charge < -0.3 is 20.5 Å². The average molecular weight is 464 g/mol. The third kappa shape index (κ3) is 3.97. The quantitative estimate of drug-likeness (QED) is 0.525. The van der Waals surface area contributed by atoms with Gasteiger partial charge in [-0.3, -0.25) is 9.69 Å². The molecule has 160 valence electrons. The zero-order valence-corrected chi connectivity index (χ0v) is 17.5. The Bertz CT molecular complexity index is 1260. The number of para-hydroxylation sites is 1. The summed E-state index contributed by atoms with van der Waals surface area (Å²) < 4.78 is 27.4. The van der Waals surface area contributed by atoms with E-state index in [-0.39, 0.29) is 29.6 Å². The van der Waals surface area contributed by atoms with Crippen LogP contribution in [0.25, 0.3) is 10.6 Å². The fourth-order valence-corrected chi connectivity index (χ4v) is 4.41. The lowest BCUT2D eigenvalue weighted by atomic mass is 10.1. The summed E-state index contributed by atoms with van der Waals surface area (Å²) >= 11 is 7.32. The summed E-state index contributed by atoms with van der Waals surface area (Å²) in [5.74, 6) is -0.554. The van der Waals surface area contributed by atoms with Crippen LogP contribution in [0.3, 0.4) is 0 Å². The number of hydrogen-bond acceptors (Lipinski definition) is 8. The number of carboxylic acid groups (broad SMARTS) is 1. The molecule has 3 N–H and O–H groups in total. The number of anilines is 2. The Balaban J connectivity index is 1.68. The van der Waals surface area contributed by atoms with E-state index in [1.807, 2.05) is 5.32 Å². The monoisotopic (exact) mass is 463 g/mol. The second-order valence-corrected chi connectivity index (χ2v) is 7.89. The number of halogens is 1. The average Bonchev–Trinajstić information content (AvgIpc) is 3.32. The van der Waals surface area contributed by atoms with Crippen LogP contribution in [-0.2, 0) is 13.1 Å². The van der Waals surface area contributed by atoms with Crippen molar-refractivity contribution in [1.82, 2.24) is 25.4 Å². The van der Waals surface area contributed by atoms with E-state index in [0.717, 1.165) is 4.88 Å². The van der Waals surface area contributed by atoms with Gasteiger partial charge >= 0.3 is 6.09 Å². The molecule has 0 atom stereocenters. The number of hydrogen-bond donors (Lipinski definition) is 3. The number of fused-ring (bicyclic) bond motifs is 1. The van der Waals surface area contributed by atoms with Crippen molar-refractivity contribution in [3.63, 3.8) is 0 Å². The van der Waals surface area contributed by atoms with Crippen LogP contribution >= 0.6 is 22.9 Å². The molecule has 0 aliphatic carbocycles. The normalized spacial score (nSPS) is 14.3. The first-order chi connectivity index (χ1) is 16.1. The molecule has 0 saturated heterocycles. The molecule has 0 radical (unpaired) electrons. The Hall–Kier alpha value is -3.44. The molecule has 2 aromatic heterocycles. The maximum absolute atomic E-state index is 12.4. The summed E-state index contributed by atoms with van der Waals surface area (Å²) in [5, 5.41) is 22.1. The van der Waals surface area contributed by atoms with E-state index in [1.54, 1.807) is 18.2 Å². The van der Waals surface area contributed by atoms with Gasteiger partial charge in [0, 0.05) is 22.0 Å². The molecule has 1 aromatic carbocycles. The van der Waals surface area contributed by atoms with E-state index in [9.17, 15) is 14.7 Å². The molecule has 1 aliphatic heterocycles. The lowest BCUT2D eigenvalue weighted by Crippen LogP contribution is -2.22. The number of aromatic nitrogens is 3. The van der Waals surface area contributed by atoms with Crippen molar-refractivity contribution in [2.75, 3.05) is 19.4 Å². The van der Waals surface area contributed by atoms with Crippen molar-refractivity contribution in [3.8, 4) is 16.3 Å². The van der Waals surface area contributed by atoms with Crippen molar-refractivity contribution in [3.05, 3.63) is 45.7 Å². The predicted molar refractivity (Wildman–Crippen MR) is 115 cm³/mol. The molecule has 0 fully saturated rings. The molecule has 3 heterocycles. The lowest BCUT2D eigenvalue weighted by Gasteiger charge is -2.16. The summed E-state index contributed by atoms with van der Waals surface area (Å²) in [4.78, 5) is 30.4. The molecule has 1 aliphatic rings. The van der Waals surface area contributed by atoms with Crippen LogP contribution < -0.4 is 15.4 Å². The Labute approximate surface area is 190 Å². The molecule has 4 rings (SSSR count).